The minimum absolute atomic E-state index is 0. The van der Waals surface area contributed by atoms with Gasteiger partial charge in [-0.3, -0.25) is 9.79 Å². The second kappa shape index (κ2) is 9.57. The van der Waals surface area contributed by atoms with E-state index in [4.69, 9.17) is 0 Å². The molecule has 0 saturated heterocycles. The molecule has 0 spiro atoms. The van der Waals surface area contributed by atoms with E-state index >= 15 is 0 Å². The Morgan fingerprint density at radius 1 is 1.18 bits per heavy atom. The Labute approximate surface area is 152 Å². The molecule has 1 saturated carbocycles. The van der Waals surface area contributed by atoms with Crippen LogP contribution in [0.4, 0.5) is 0 Å². The fourth-order valence-electron chi connectivity index (χ4n) is 2.61. The monoisotopic (exact) mass is 424 g/mol. The van der Waals surface area contributed by atoms with Crippen molar-refractivity contribution < 1.29 is 4.79 Å². The first-order chi connectivity index (χ1) is 9.89. The molecule has 6 heteroatoms. The Bertz CT molecular complexity index is 373. The molecule has 0 aromatic rings. The number of halogens is 1. The van der Waals surface area contributed by atoms with Crippen molar-refractivity contribution in [1.82, 2.24) is 16.0 Å². The molecule has 0 bridgehead atoms. The molecule has 1 aliphatic carbocycles. The summed E-state index contributed by atoms with van der Waals surface area (Å²) in [6, 6.07) is 0. The van der Waals surface area contributed by atoms with Gasteiger partial charge in [0, 0.05) is 26.7 Å². The predicted octanol–water partition coefficient (Wildman–Crippen LogP) is 2.51. The first-order valence-corrected chi connectivity index (χ1v) is 8.12. The SMILES string of the molecule is CCNC(=O)C(C)(C)CNC(=NC)NCC1(CC)CCC1.I. The molecule has 1 fully saturated rings. The average Bonchev–Trinajstić information content (AvgIpc) is 2.41. The van der Waals surface area contributed by atoms with Crippen molar-refractivity contribution >= 4 is 35.8 Å². The van der Waals surface area contributed by atoms with Crippen LogP contribution in [0.1, 0.15) is 53.4 Å². The minimum atomic E-state index is -0.452. The third-order valence-corrected chi connectivity index (χ3v) is 4.67. The largest absolute Gasteiger partial charge is 0.356 e. The van der Waals surface area contributed by atoms with Crippen molar-refractivity contribution in [3.05, 3.63) is 0 Å². The van der Waals surface area contributed by atoms with Gasteiger partial charge in [0.05, 0.1) is 5.41 Å². The molecule has 130 valence electrons. The molecule has 0 aromatic carbocycles. The van der Waals surface area contributed by atoms with Crippen LogP contribution < -0.4 is 16.0 Å². The van der Waals surface area contributed by atoms with E-state index in [2.05, 4.69) is 27.9 Å². The third kappa shape index (κ3) is 5.93. The number of carbonyl (C=O) groups is 1. The fraction of sp³-hybridized carbons (Fsp3) is 0.875. The highest BCUT2D eigenvalue weighted by atomic mass is 127. The van der Waals surface area contributed by atoms with E-state index in [1.165, 1.54) is 25.7 Å². The van der Waals surface area contributed by atoms with Crippen LogP contribution in [0.25, 0.3) is 0 Å². The number of nitrogens with one attached hydrogen (secondary N) is 3. The van der Waals surface area contributed by atoms with Crippen molar-refractivity contribution in [1.29, 1.82) is 0 Å². The summed E-state index contributed by atoms with van der Waals surface area (Å²) in [5.74, 6) is 0.851. The molecule has 1 rings (SSSR count). The lowest BCUT2D eigenvalue weighted by Crippen LogP contribution is -2.50. The molecule has 0 heterocycles. The number of amides is 1. The Hall–Kier alpha value is -0.530. The van der Waals surface area contributed by atoms with Gasteiger partial charge in [0.1, 0.15) is 0 Å². The number of nitrogens with zero attached hydrogens (tertiary/aromatic N) is 1. The number of rotatable bonds is 7. The van der Waals surface area contributed by atoms with E-state index in [0.717, 1.165) is 12.5 Å². The highest BCUT2D eigenvalue weighted by molar-refractivity contribution is 14.0. The second-order valence-electron chi connectivity index (χ2n) is 6.73. The molecule has 0 aromatic heterocycles. The molecule has 1 aliphatic rings. The summed E-state index contributed by atoms with van der Waals surface area (Å²) in [7, 11) is 1.77. The lowest BCUT2D eigenvalue weighted by atomic mass is 9.67. The van der Waals surface area contributed by atoms with Crippen LogP contribution in [0.3, 0.4) is 0 Å². The molecular formula is C16H33IN4O. The fourth-order valence-corrected chi connectivity index (χ4v) is 2.61. The van der Waals surface area contributed by atoms with Crippen molar-refractivity contribution in [2.24, 2.45) is 15.8 Å². The number of hydrogen-bond acceptors (Lipinski definition) is 2. The zero-order valence-corrected chi connectivity index (χ0v) is 17.0. The van der Waals surface area contributed by atoms with Crippen LogP contribution in [0.5, 0.6) is 0 Å². The van der Waals surface area contributed by atoms with Gasteiger partial charge in [-0.05, 0) is 45.4 Å². The van der Waals surface area contributed by atoms with Crippen molar-refractivity contribution in [3.8, 4) is 0 Å². The summed E-state index contributed by atoms with van der Waals surface area (Å²) in [6.07, 6.45) is 5.16. The second-order valence-corrected chi connectivity index (χ2v) is 6.73. The summed E-state index contributed by atoms with van der Waals surface area (Å²) in [5.41, 5.74) is -0.000728. The van der Waals surface area contributed by atoms with Crippen LogP contribution in [-0.4, -0.2) is 38.5 Å². The maximum atomic E-state index is 12.0. The average molecular weight is 424 g/mol. The predicted molar refractivity (Wildman–Crippen MR) is 104 cm³/mol. The van der Waals surface area contributed by atoms with E-state index in [9.17, 15) is 4.79 Å². The smallest absolute Gasteiger partial charge is 0.227 e. The summed E-state index contributed by atoms with van der Waals surface area (Å²) >= 11 is 0. The molecule has 1 amide bonds. The Balaban J connectivity index is 0.00000441. The normalized spacial score (nSPS) is 17.0. The maximum Gasteiger partial charge on any atom is 0.227 e. The highest BCUT2D eigenvalue weighted by Gasteiger charge is 2.35. The Morgan fingerprint density at radius 2 is 1.82 bits per heavy atom. The zero-order valence-electron chi connectivity index (χ0n) is 14.7. The molecular weight excluding hydrogens is 391 g/mol. The van der Waals surface area contributed by atoms with Gasteiger partial charge >= 0.3 is 0 Å². The van der Waals surface area contributed by atoms with E-state index in [1.54, 1.807) is 7.05 Å². The van der Waals surface area contributed by atoms with Crippen LogP contribution in [0.2, 0.25) is 0 Å². The molecule has 0 aliphatic heterocycles. The van der Waals surface area contributed by atoms with E-state index in [0.29, 0.717) is 18.5 Å². The lowest BCUT2D eigenvalue weighted by molar-refractivity contribution is -0.128. The van der Waals surface area contributed by atoms with Gasteiger partial charge in [-0.1, -0.05) is 13.3 Å². The Morgan fingerprint density at radius 3 is 2.23 bits per heavy atom. The molecule has 5 nitrogen and oxygen atoms in total. The Kier molecular flexibility index (Phi) is 9.34. The molecule has 0 atom stereocenters. The molecule has 0 radical (unpaired) electrons. The summed E-state index contributed by atoms with van der Waals surface area (Å²) in [5, 5.41) is 9.56. The summed E-state index contributed by atoms with van der Waals surface area (Å²) in [4.78, 5) is 16.2. The van der Waals surface area contributed by atoms with Gasteiger partial charge in [0.2, 0.25) is 5.91 Å². The van der Waals surface area contributed by atoms with Crippen molar-refractivity contribution in [2.75, 3.05) is 26.7 Å². The van der Waals surface area contributed by atoms with Crippen LogP contribution in [0, 0.1) is 10.8 Å². The highest BCUT2D eigenvalue weighted by Crippen LogP contribution is 2.42. The summed E-state index contributed by atoms with van der Waals surface area (Å²) in [6.45, 7) is 10.3. The van der Waals surface area contributed by atoms with E-state index < -0.39 is 5.41 Å². The van der Waals surface area contributed by atoms with Crippen LogP contribution >= 0.6 is 24.0 Å². The number of aliphatic imine (C=N–C) groups is 1. The first-order valence-electron chi connectivity index (χ1n) is 8.12. The number of hydrogen-bond donors (Lipinski definition) is 3. The van der Waals surface area contributed by atoms with E-state index in [1.807, 2.05) is 20.8 Å². The standard InChI is InChI=1S/C16H32N4O.HI/c1-6-16(9-8-10-16)12-20-14(17-5)19-11-15(3,4)13(21)18-7-2;/h6-12H2,1-5H3,(H,18,21)(H2,17,19,20);1H. The number of carbonyl (C=O) groups excluding carboxylic acids is 1. The van der Waals surface area contributed by atoms with Gasteiger partial charge in [-0.15, -0.1) is 24.0 Å². The first kappa shape index (κ1) is 21.5. The van der Waals surface area contributed by atoms with Gasteiger partial charge in [0.25, 0.3) is 0 Å². The number of guanidine groups is 1. The van der Waals surface area contributed by atoms with E-state index in [-0.39, 0.29) is 29.9 Å². The van der Waals surface area contributed by atoms with Crippen LogP contribution in [0.15, 0.2) is 4.99 Å². The quantitative estimate of drug-likeness (QED) is 0.334. The van der Waals surface area contributed by atoms with Crippen molar-refractivity contribution in [3.63, 3.8) is 0 Å². The molecule has 3 N–H and O–H groups in total. The van der Waals surface area contributed by atoms with Gasteiger partial charge in [-0.2, -0.15) is 0 Å². The van der Waals surface area contributed by atoms with Gasteiger partial charge in [0.15, 0.2) is 5.96 Å². The van der Waals surface area contributed by atoms with Crippen LogP contribution in [-0.2, 0) is 4.79 Å². The minimum Gasteiger partial charge on any atom is -0.356 e. The zero-order chi connectivity index (χ0) is 15.9. The van der Waals surface area contributed by atoms with Gasteiger partial charge in [-0.25, -0.2) is 0 Å². The molecule has 22 heavy (non-hydrogen) atoms. The maximum absolute atomic E-state index is 12.0. The van der Waals surface area contributed by atoms with Crippen molar-refractivity contribution in [2.45, 2.75) is 53.4 Å². The summed E-state index contributed by atoms with van der Waals surface area (Å²) < 4.78 is 0. The lowest BCUT2D eigenvalue weighted by Gasteiger charge is -2.41. The topological polar surface area (TPSA) is 65.5 Å². The third-order valence-electron chi connectivity index (χ3n) is 4.67. The van der Waals surface area contributed by atoms with Gasteiger partial charge < -0.3 is 16.0 Å². The molecule has 0 unspecified atom stereocenters.